The summed E-state index contributed by atoms with van der Waals surface area (Å²) in [6.07, 6.45) is 1.10. The van der Waals surface area contributed by atoms with E-state index in [9.17, 15) is 13.2 Å². The molecule has 1 aromatic carbocycles. The lowest BCUT2D eigenvalue weighted by molar-refractivity contribution is -0.883. The molecule has 0 unspecified atom stereocenters. The minimum absolute atomic E-state index is 0.141. The van der Waals surface area contributed by atoms with Crippen molar-refractivity contribution in [3.63, 3.8) is 0 Å². The van der Waals surface area contributed by atoms with Gasteiger partial charge in [0.15, 0.2) is 0 Å². The Labute approximate surface area is 144 Å². The minimum atomic E-state index is -3.46. The summed E-state index contributed by atoms with van der Waals surface area (Å²) in [4.78, 5) is 15.9. The number of aryl methyl sites for hydroxylation is 1. The maximum atomic E-state index is 12.2. The van der Waals surface area contributed by atoms with Gasteiger partial charge in [0, 0.05) is 12.5 Å². The van der Waals surface area contributed by atoms with Gasteiger partial charge in [-0.2, -0.15) is 0 Å². The van der Waals surface area contributed by atoms with Crippen LogP contribution in [-0.4, -0.2) is 58.5 Å². The van der Waals surface area contributed by atoms with Crippen molar-refractivity contribution in [2.75, 3.05) is 33.2 Å². The number of piperazine rings is 1. The molecule has 1 aliphatic rings. The predicted octanol–water partition coefficient (Wildman–Crippen LogP) is -0.337. The van der Waals surface area contributed by atoms with E-state index < -0.39 is 10.0 Å². The van der Waals surface area contributed by atoms with Crippen molar-refractivity contribution >= 4 is 15.9 Å². The van der Waals surface area contributed by atoms with E-state index in [1.54, 1.807) is 38.1 Å². The van der Waals surface area contributed by atoms with Crippen LogP contribution in [0.4, 0.5) is 0 Å². The normalized spacial score (nSPS) is 16.6. The number of rotatable bonds is 6. The molecule has 1 fully saturated rings. The van der Waals surface area contributed by atoms with Gasteiger partial charge < -0.3 is 9.80 Å². The highest BCUT2D eigenvalue weighted by molar-refractivity contribution is 7.89. The van der Waals surface area contributed by atoms with E-state index in [-0.39, 0.29) is 16.8 Å². The third kappa shape index (κ3) is 5.29. The summed E-state index contributed by atoms with van der Waals surface area (Å²) in [5, 5.41) is 0. The number of likely N-dealkylation sites (N-methyl/N-ethyl adjacent to an activating group) is 1. The van der Waals surface area contributed by atoms with Crippen LogP contribution in [-0.2, 0) is 21.2 Å². The molecule has 134 valence electrons. The van der Waals surface area contributed by atoms with Crippen molar-refractivity contribution in [2.45, 2.75) is 37.6 Å². The lowest BCUT2D eigenvalue weighted by Gasteiger charge is -2.30. The summed E-state index contributed by atoms with van der Waals surface area (Å²) in [7, 11) is -1.31. The van der Waals surface area contributed by atoms with Crippen molar-refractivity contribution in [1.29, 1.82) is 0 Å². The number of amides is 1. The SMILES string of the molecule is CC(C)NS(=O)(=O)c1ccc(CCC(=O)N2CC[NH+](C)CC2)cc1. The predicted molar refractivity (Wildman–Crippen MR) is 93.4 cm³/mol. The Bertz CT molecular complexity index is 648. The molecule has 0 saturated carbocycles. The molecule has 1 aromatic rings. The van der Waals surface area contributed by atoms with E-state index in [4.69, 9.17) is 0 Å². The van der Waals surface area contributed by atoms with Crippen molar-refractivity contribution in [3.8, 4) is 0 Å². The van der Waals surface area contributed by atoms with Crippen molar-refractivity contribution < 1.29 is 18.1 Å². The zero-order chi connectivity index (χ0) is 17.7. The molecule has 1 aliphatic heterocycles. The number of quaternary nitrogens is 1. The molecule has 0 bridgehead atoms. The number of benzene rings is 1. The molecule has 6 nitrogen and oxygen atoms in total. The lowest BCUT2D eigenvalue weighted by atomic mass is 10.1. The van der Waals surface area contributed by atoms with Gasteiger partial charge in [-0.25, -0.2) is 13.1 Å². The zero-order valence-electron chi connectivity index (χ0n) is 14.7. The van der Waals surface area contributed by atoms with Crippen LogP contribution in [0.5, 0.6) is 0 Å². The molecule has 1 saturated heterocycles. The van der Waals surface area contributed by atoms with E-state index in [1.807, 2.05) is 4.90 Å². The summed E-state index contributed by atoms with van der Waals surface area (Å²) in [6.45, 7) is 7.22. The van der Waals surface area contributed by atoms with Crippen LogP contribution in [0, 0.1) is 0 Å². The van der Waals surface area contributed by atoms with Gasteiger partial charge in [0.2, 0.25) is 15.9 Å². The Morgan fingerprint density at radius 3 is 2.33 bits per heavy atom. The lowest BCUT2D eigenvalue weighted by Crippen LogP contribution is -3.12. The van der Waals surface area contributed by atoms with Gasteiger partial charge in [-0.15, -0.1) is 0 Å². The maximum Gasteiger partial charge on any atom is 0.240 e. The van der Waals surface area contributed by atoms with Gasteiger partial charge in [-0.05, 0) is 38.0 Å². The average Bonchev–Trinajstić information content (AvgIpc) is 2.52. The number of nitrogens with zero attached hydrogens (tertiary/aromatic N) is 1. The maximum absolute atomic E-state index is 12.2. The van der Waals surface area contributed by atoms with Gasteiger partial charge in [0.25, 0.3) is 0 Å². The second-order valence-electron chi connectivity index (χ2n) is 6.76. The molecule has 0 radical (unpaired) electrons. The Morgan fingerprint density at radius 2 is 1.79 bits per heavy atom. The summed E-state index contributed by atoms with van der Waals surface area (Å²) in [5.74, 6) is 0.181. The first-order chi connectivity index (χ1) is 11.3. The summed E-state index contributed by atoms with van der Waals surface area (Å²) in [5.41, 5.74) is 0.978. The highest BCUT2D eigenvalue weighted by Gasteiger charge is 2.21. The zero-order valence-corrected chi connectivity index (χ0v) is 15.5. The number of carbonyl (C=O) groups is 1. The second-order valence-corrected chi connectivity index (χ2v) is 8.47. The van der Waals surface area contributed by atoms with Crippen LogP contribution in [0.3, 0.4) is 0 Å². The van der Waals surface area contributed by atoms with Gasteiger partial charge in [0.05, 0.1) is 38.1 Å². The second kappa shape index (κ2) is 8.09. The first-order valence-electron chi connectivity index (χ1n) is 8.48. The number of sulfonamides is 1. The molecule has 24 heavy (non-hydrogen) atoms. The van der Waals surface area contributed by atoms with Crippen molar-refractivity contribution in [3.05, 3.63) is 29.8 Å². The summed E-state index contributed by atoms with van der Waals surface area (Å²) in [6, 6.07) is 6.64. The first kappa shape index (κ1) is 18.9. The Kier molecular flexibility index (Phi) is 6.37. The Hall–Kier alpha value is -1.44. The molecular formula is C17H28N3O3S+. The molecule has 2 rings (SSSR count). The summed E-state index contributed by atoms with van der Waals surface area (Å²) < 4.78 is 26.7. The quantitative estimate of drug-likeness (QED) is 0.734. The number of hydrogen-bond donors (Lipinski definition) is 2. The van der Waals surface area contributed by atoms with Crippen LogP contribution >= 0.6 is 0 Å². The van der Waals surface area contributed by atoms with Crippen LogP contribution in [0.15, 0.2) is 29.2 Å². The standard InChI is InChI=1S/C17H27N3O3S/c1-14(2)18-24(22,23)16-7-4-15(5-8-16)6-9-17(21)20-12-10-19(3)11-13-20/h4-5,7-8,14,18H,6,9-13H2,1-3H3/p+1. The molecule has 0 atom stereocenters. The third-order valence-electron chi connectivity index (χ3n) is 4.22. The topological polar surface area (TPSA) is 70.9 Å². The number of carbonyl (C=O) groups excluding carboxylic acids is 1. The van der Waals surface area contributed by atoms with Crippen LogP contribution < -0.4 is 9.62 Å². The van der Waals surface area contributed by atoms with Crippen molar-refractivity contribution in [2.24, 2.45) is 0 Å². The molecule has 0 spiro atoms. The monoisotopic (exact) mass is 354 g/mol. The molecule has 2 N–H and O–H groups in total. The van der Waals surface area contributed by atoms with Gasteiger partial charge in [-0.3, -0.25) is 4.79 Å². The van der Waals surface area contributed by atoms with E-state index in [0.717, 1.165) is 31.7 Å². The van der Waals surface area contributed by atoms with Crippen LogP contribution in [0.25, 0.3) is 0 Å². The summed E-state index contributed by atoms with van der Waals surface area (Å²) >= 11 is 0. The molecule has 7 heteroatoms. The van der Waals surface area contributed by atoms with E-state index in [1.165, 1.54) is 4.90 Å². The molecular weight excluding hydrogens is 326 g/mol. The fourth-order valence-corrected chi connectivity index (χ4v) is 4.01. The first-order valence-corrected chi connectivity index (χ1v) is 9.96. The molecule has 1 amide bonds. The molecule has 1 heterocycles. The van der Waals surface area contributed by atoms with E-state index >= 15 is 0 Å². The minimum Gasteiger partial charge on any atom is -0.334 e. The van der Waals surface area contributed by atoms with Gasteiger partial charge >= 0.3 is 0 Å². The third-order valence-corrected chi connectivity index (χ3v) is 5.90. The van der Waals surface area contributed by atoms with Crippen LogP contribution in [0.1, 0.15) is 25.8 Å². The molecule has 0 aliphatic carbocycles. The largest absolute Gasteiger partial charge is 0.334 e. The number of nitrogens with one attached hydrogen (secondary N) is 2. The van der Waals surface area contributed by atoms with Crippen molar-refractivity contribution in [1.82, 2.24) is 9.62 Å². The number of hydrogen-bond acceptors (Lipinski definition) is 3. The van der Waals surface area contributed by atoms with E-state index in [2.05, 4.69) is 11.8 Å². The van der Waals surface area contributed by atoms with E-state index in [0.29, 0.717) is 12.8 Å². The average molecular weight is 354 g/mol. The fourth-order valence-electron chi connectivity index (χ4n) is 2.76. The fraction of sp³-hybridized carbons (Fsp3) is 0.588. The smallest absolute Gasteiger partial charge is 0.240 e. The van der Waals surface area contributed by atoms with Gasteiger partial charge in [0.1, 0.15) is 0 Å². The molecule has 0 aromatic heterocycles. The Balaban J connectivity index is 1.89. The Morgan fingerprint density at radius 1 is 1.21 bits per heavy atom. The highest BCUT2D eigenvalue weighted by atomic mass is 32.2. The highest BCUT2D eigenvalue weighted by Crippen LogP contribution is 2.13. The van der Waals surface area contributed by atoms with Gasteiger partial charge in [-0.1, -0.05) is 12.1 Å². The van der Waals surface area contributed by atoms with Crippen LogP contribution in [0.2, 0.25) is 0 Å².